The highest BCUT2D eigenvalue weighted by molar-refractivity contribution is 6.08. The number of likely N-dealkylation sites (tertiary alicyclic amines) is 1. The number of carboxylic acids is 1. The van der Waals surface area contributed by atoms with Crippen LogP contribution in [0.2, 0.25) is 0 Å². The number of carbonyl (C=O) groups is 3. The third-order valence-corrected chi connectivity index (χ3v) is 4.80. The van der Waals surface area contributed by atoms with E-state index in [4.69, 9.17) is 9.84 Å². The Kier molecular flexibility index (Phi) is 5.54. The maximum Gasteiger partial charge on any atom is 0.308 e. The van der Waals surface area contributed by atoms with Gasteiger partial charge in [0, 0.05) is 24.2 Å². The van der Waals surface area contributed by atoms with Gasteiger partial charge in [-0.25, -0.2) is 0 Å². The minimum Gasteiger partial charge on any atom is -0.484 e. The summed E-state index contributed by atoms with van der Waals surface area (Å²) in [5.74, 6) is -1.32. The van der Waals surface area contributed by atoms with E-state index in [1.165, 1.54) is 4.90 Å². The largest absolute Gasteiger partial charge is 0.484 e. The third kappa shape index (κ3) is 4.34. The van der Waals surface area contributed by atoms with Gasteiger partial charge in [0.15, 0.2) is 12.4 Å². The summed E-state index contributed by atoms with van der Waals surface area (Å²) in [6.45, 7) is 2.30. The van der Waals surface area contributed by atoms with Crippen molar-refractivity contribution >= 4 is 17.7 Å². The summed E-state index contributed by atoms with van der Waals surface area (Å²) in [6.07, 6.45) is 0. The van der Waals surface area contributed by atoms with E-state index in [1.807, 2.05) is 25.1 Å². The summed E-state index contributed by atoms with van der Waals surface area (Å²) < 4.78 is 5.50. The molecule has 2 aromatic rings. The molecular weight excluding hydrogens is 346 g/mol. The van der Waals surface area contributed by atoms with Crippen LogP contribution in [0.3, 0.4) is 0 Å². The monoisotopic (exact) mass is 367 g/mol. The SMILES string of the molecule is C[C@@H]1CN(C(=O)COc2ccc(C(=O)c3ccccc3)cc2)C[C@H]1C(=O)O. The first-order valence-corrected chi connectivity index (χ1v) is 8.79. The number of nitrogens with zero attached hydrogens (tertiary/aromatic N) is 1. The number of aliphatic carboxylic acids is 1. The zero-order chi connectivity index (χ0) is 19.4. The average molecular weight is 367 g/mol. The van der Waals surface area contributed by atoms with Crippen molar-refractivity contribution in [2.75, 3.05) is 19.7 Å². The molecule has 6 heteroatoms. The molecule has 0 bridgehead atoms. The van der Waals surface area contributed by atoms with Gasteiger partial charge in [0.25, 0.3) is 5.91 Å². The number of amides is 1. The van der Waals surface area contributed by atoms with Gasteiger partial charge < -0.3 is 14.7 Å². The van der Waals surface area contributed by atoms with Crippen LogP contribution in [0.5, 0.6) is 5.75 Å². The smallest absolute Gasteiger partial charge is 0.308 e. The van der Waals surface area contributed by atoms with E-state index < -0.39 is 11.9 Å². The molecule has 0 saturated carbocycles. The maximum atomic E-state index is 12.4. The first-order chi connectivity index (χ1) is 13.0. The second-order valence-corrected chi connectivity index (χ2v) is 6.73. The summed E-state index contributed by atoms with van der Waals surface area (Å²) >= 11 is 0. The minimum atomic E-state index is -0.877. The number of hydrogen-bond acceptors (Lipinski definition) is 4. The topological polar surface area (TPSA) is 83.9 Å². The van der Waals surface area contributed by atoms with E-state index in [1.54, 1.807) is 36.4 Å². The number of rotatable bonds is 6. The molecule has 0 spiro atoms. The molecule has 1 N–H and O–H groups in total. The quantitative estimate of drug-likeness (QED) is 0.793. The van der Waals surface area contributed by atoms with Crippen LogP contribution in [0.15, 0.2) is 54.6 Å². The highest BCUT2D eigenvalue weighted by Crippen LogP contribution is 2.23. The molecule has 0 unspecified atom stereocenters. The summed E-state index contributed by atoms with van der Waals surface area (Å²) in [5, 5.41) is 9.15. The predicted octanol–water partition coefficient (Wildman–Crippen LogP) is 2.48. The van der Waals surface area contributed by atoms with Gasteiger partial charge in [0.2, 0.25) is 0 Å². The van der Waals surface area contributed by atoms with Gasteiger partial charge in [-0.15, -0.1) is 0 Å². The molecule has 1 aliphatic rings. The van der Waals surface area contributed by atoms with Crippen LogP contribution in [0, 0.1) is 11.8 Å². The van der Waals surface area contributed by atoms with Crippen molar-refractivity contribution < 1.29 is 24.2 Å². The third-order valence-electron chi connectivity index (χ3n) is 4.80. The first-order valence-electron chi connectivity index (χ1n) is 8.79. The van der Waals surface area contributed by atoms with E-state index in [0.29, 0.717) is 23.4 Å². The van der Waals surface area contributed by atoms with Gasteiger partial charge >= 0.3 is 5.97 Å². The number of ketones is 1. The molecule has 1 fully saturated rings. The molecule has 1 amide bonds. The number of ether oxygens (including phenoxy) is 1. The fourth-order valence-electron chi connectivity index (χ4n) is 3.19. The van der Waals surface area contributed by atoms with Gasteiger partial charge in [-0.05, 0) is 30.2 Å². The molecule has 3 rings (SSSR count). The lowest BCUT2D eigenvalue weighted by Crippen LogP contribution is -2.33. The van der Waals surface area contributed by atoms with Gasteiger partial charge in [-0.2, -0.15) is 0 Å². The Morgan fingerprint density at radius 1 is 1.00 bits per heavy atom. The fraction of sp³-hybridized carbons (Fsp3) is 0.286. The molecule has 27 heavy (non-hydrogen) atoms. The van der Waals surface area contributed by atoms with Crippen molar-refractivity contribution in [2.45, 2.75) is 6.92 Å². The van der Waals surface area contributed by atoms with E-state index in [2.05, 4.69) is 0 Å². The van der Waals surface area contributed by atoms with Crippen molar-refractivity contribution in [3.8, 4) is 5.75 Å². The lowest BCUT2D eigenvalue weighted by Gasteiger charge is -2.16. The van der Waals surface area contributed by atoms with E-state index in [-0.39, 0.29) is 30.8 Å². The average Bonchev–Trinajstić information content (AvgIpc) is 3.09. The van der Waals surface area contributed by atoms with Gasteiger partial charge in [0.1, 0.15) is 5.75 Å². The van der Waals surface area contributed by atoms with Crippen molar-refractivity contribution in [3.63, 3.8) is 0 Å². The molecule has 0 radical (unpaired) electrons. The molecular formula is C21H21NO5. The first kappa shape index (κ1) is 18.6. The molecule has 6 nitrogen and oxygen atoms in total. The van der Waals surface area contributed by atoms with Crippen LogP contribution >= 0.6 is 0 Å². The molecule has 2 aromatic carbocycles. The zero-order valence-corrected chi connectivity index (χ0v) is 15.0. The summed E-state index contributed by atoms with van der Waals surface area (Å²) in [6, 6.07) is 15.6. The lowest BCUT2D eigenvalue weighted by molar-refractivity contribution is -0.142. The number of benzene rings is 2. The van der Waals surface area contributed by atoms with Crippen LogP contribution in [0.4, 0.5) is 0 Å². The molecule has 2 atom stereocenters. The zero-order valence-electron chi connectivity index (χ0n) is 15.0. The molecule has 1 saturated heterocycles. The second-order valence-electron chi connectivity index (χ2n) is 6.73. The van der Waals surface area contributed by atoms with Crippen LogP contribution < -0.4 is 4.74 Å². The molecule has 1 heterocycles. The van der Waals surface area contributed by atoms with Crippen LogP contribution in [-0.2, 0) is 9.59 Å². The Balaban J connectivity index is 1.55. The van der Waals surface area contributed by atoms with Crippen molar-refractivity contribution in [3.05, 3.63) is 65.7 Å². The Morgan fingerprint density at radius 3 is 2.22 bits per heavy atom. The Hall–Kier alpha value is -3.15. The fourth-order valence-corrected chi connectivity index (χ4v) is 3.19. The normalized spacial score (nSPS) is 18.9. The van der Waals surface area contributed by atoms with Crippen LogP contribution in [-0.4, -0.2) is 47.4 Å². The van der Waals surface area contributed by atoms with Crippen molar-refractivity contribution in [1.82, 2.24) is 4.90 Å². The number of carboxylic acid groups (broad SMARTS) is 1. The highest BCUT2D eigenvalue weighted by atomic mass is 16.5. The summed E-state index contributed by atoms with van der Waals surface area (Å²) in [7, 11) is 0. The maximum absolute atomic E-state index is 12.4. The lowest BCUT2D eigenvalue weighted by atomic mass is 9.99. The minimum absolute atomic E-state index is 0.0743. The van der Waals surface area contributed by atoms with Crippen LogP contribution in [0.1, 0.15) is 22.8 Å². The number of hydrogen-bond donors (Lipinski definition) is 1. The van der Waals surface area contributed by atoms with Crippen molar-refractivity contribution in [2.24, 2.45) is 11.8 Å². The molecule has 140 valence electrons. The van der Waals surface area contributed by atoms with Gasteiger partial charge in [0.05, 0.1) is 5.92 Å². The Labute approximate surface area is 157 Å². The Morgan fingerprint density at radius 2 is 1.63 bits per heavy atom. The second kappa shape index (κ2) is 8.03. The predicted molar refractivity (Wildman–Crippen MR) is 98.7 cm³/mol. The molecule has 1 aliphatic heterocycles. The van der Waals surface area contributed by atoms with E-state index in [0.717, 1.165) is 0 Å². The Bertz CT molecular complexity index is 831. The summed E-state index contributed by atoms with van der Waals surface area (Å²) in [5.41, 5.74) is 1.15. The highest BCUT2D eigenvalue weighted by Gasteiger charge is 2.36. The van der Waals surface area contributed by atoms with E-state index >= 15 is 0 Å². The molecule has 0 aromatic heterocycles. The van der Waals surface area contributed by atoms with Crippen LogP contribution in [0.25, 0.3) is 0 Å². The van der Waals surface area contributed by atoms with E-state index in [9.17, 15) is 14.4 Å². The van der Waals surface area contributed by atoms with Gasteiger partial charge in [-0.3, -0.25) is 14.4 Å². The van der Waals surface area contributed by atoms with Gasteiger partial charge in [-0.1, -0.05) is 37.3 Å². The van der Waals surface area contributed by atoms with Crippen molar-refractivity contribution in [1.29, 1.82) is 0 Å². The molecule has 0 aliphatic carbocycles. The standard InChI is InChI=1S/C21H21NO5/c1-14-11-22(12-18(14)21(25)26)19(23)13-27-17-9-7-16(8-10-17)20(24)15-5-3-2-4-6-15/h2-10,14,18H,11-13H2,1H3,(H,25,26)/t14-,18-/m1/s1. The summed E-state index contributed by atoms with van der Waals surface area (Å²) in [4.78, 5) is 37.3. The number of carbonyl (C=O) groups excluding carboxylic acids is 2.